The largest absolute Gasteiger partial charge is 0.497 e. The molecule has 28 heavy (non-hydrogen) atoms. The lowest BCUT2D eigenvalue weighted by molar-refractivity contribution is -0.136. The van der Waals surface area contributed by atoms with Crippen molar-refractivity contribution in [1.82, 2.24) is 0 Å². The lowest BCUT2D eigenvalue weighted by Crippen LogP contribution is -2.13. The van der Waals surface area contributed by atoms with Crippen molar-refractivity contribution in [3.63, 3.8) is 0 Å². The Morgan fingerprint density at radius 2 is 1.50 bits per heavy atom. The fraction of sp³-hybridized carbons (Fsp3) is 0.238. The minimum Gasteiger partial charge on any atom is -0.497 e. The number of rotatable bonds is 9. The predicted molar refractivity (Wildman–Crippen MR) is 103 cm³/mol. The number of carbonyl (C=O) groups excluding carboxylic acids is 2. The van der Waals surface area contributed by atoms with Crippen LogP contribution in [0.25, 0.3) is 6.08 Å². The molecule has 7 heteroatoms. The van der Waals surface area contributed by atoms with Gasteiger partial charge in [-0.15, -0.1) is 0 Å². The van der Waals surface area contributed by atoms with E-state index < -0.39 is 18.4 Å². The first-order valence-electron chi connectivity index (χ1n) is 8.34. The molecule has 0 N–H and O–H groups in total. The molecular weight excluding hydrogens is 364 g/mol. The molecule has 0 aliphatic carbocycles. The number of carbonyl (C=O) groups is 2. The number of hydrogen-bond donors (Lipinski definition) is 0. The molecule has 2 rings (SSSR count). The molecule has 0 bridgehead atoms. The summed E-state index contributed by atoms with van der Waals surface area (Å²) in [6, 6.07) is 10.0. The number of methoxy groups -OCH3 is 4. The van der Waals surface area contributed by atoms with Crippen molar-refractivity contribution in [1.29, 1.82) is 0 Å². The quantitative estimate of drug-likeness (QED) is 0.372. The van der Waals surface area contributed by atoms with Gasteiger partial charge in [-0.05, 0) is 42.0 Å². The van der Waals surface area contributed by atoms with Gasteiger partial charge in [0, 0.05) is 6.08 Å². The monoisotopic (exact) mass is 386 g/mol. The topological polar surface area (TPSA) is 80.3 Å². The lowest BCUT2D eigenvalue weighted by Gasteiger charge is -2.09. The Bertz CT molecular complexity index is 871. The van der Waals surface area contributed by atoms with Crippen molar-refractivity contribution in [2.75, 3.05) is 35.0 Å². The third-order valence-electron chi connectivity index (χ3n) is 3.87. The summed E-state index contributed by atoms with van der Waals surface area (Å²) in [5.41, 5.74) is 0.994. The van der Waals surface area contributed by atoms with Gasteiger partial charge in [-0.25, -0.2) is 4.79 Å². The summed E-state index contributed by atoms with van der Waals surface area (Å²) < 4.78 is 25.7. The molecule has 0 radical (unpaired) electrons. The standard InChI is InChI=1S/C21H22O7/c1-24-15-7-9-18(25-2)16(12-15)17(22)13-28-21(23)10-6-14-5-8-19(26-3)20(11-14)27-4/h5-12H,13H2,1-4H3/b10-6+. The van der Waals surface area contributed by atoms with Crippen LogP contribution in [-0.4, -0.2) is 46.8 Å². The van der Waals surface area contributed by atoms with E-state index in [1.807, 2.05) is 0 Å². The van der Waals surface area contributed by atoms with Crippen LogP contribution in [0, 0.1) is 0 Å². The first kappa shape index (κ1) is 20.8. The van der Waals surface area contributed by atoms with Crippen LogP contribution in [0.2, 0.25) is 0 Å². The van der Waals surface area contributed by atoms with Gasteiger partial charge in [0.2, 0.25) is 5.78 Å². The van der Waals surface area contributed by atoms with E-state index in [0.717, 1.165) is 5.56 Å². The number of esters is 1. The van der Waals surface area contributed by atoms with Gasteiger partial charge in [0.05, 0.1) is 34.0 Å². The zero-order valence-electron chi connectivity index (χ0n) is 16.2. The zero-order chi connectivity index (χ0) is 20.5. The van der Waals surface area contributed by atoms with Gasteiger partial charge in [-0.1, -0.05) is 6.07 Å². The van der Waals surface area contributed by atoms with Gasteiger partial charge in [-0.3, -0.25) is 4.79 Å². The van der Waals surface area contributed by atoms with E-state index in [4.69, 9.17) is 23.7 Å². The summed E-state index contributed by atoms with van der Waals surface area (Å²) in [7, 11) is 6.02. The van der Waals surface area contributed by atoms with E-state index in [1.165, 1.54) is 33.5 Å². The van der Waals surface area contributed by atoms with Crippen molar-refractivity contribution >= 4 is 17.8 Å². The highest BCUT2D eigenvalue weighted by atomic mass is 16.5. The molecule has 0 aliphatic heterocycles. The van der Waals surface area contributed by atoms with Crippen LogP contribution in [0.3, 0.4) is 0 Å². The molecule has 0 fully saturated rings. The maximum absolute atomic E-state index is 12.4. The minimum absolute atomic E-state index is 0.276. The van der Waals surface area contributed by atoms with E-state index in [2.05, 4.69) is 0 Å². The highest BCUT2D eigenvalue weighted by Crippen LogP contribution is 2.28. The highest BCUT2D eigenvalue weighted by molar-refractivity contribution is 6.01. The van der Waals surface area contributed by atoms with Gasteiger partial charge in [0.15, 0.2) is 18.1 Å². The average molecular weight is 386 g/mol. The Hall–Kier alpha value is -3.48. The molecule has 0 atom stereocenters. The predicted octanol–water partition coefficient (Wildman–Crippen LogP) is 3.16. The van der Waals surface area contributed by atoms with Crippen molar-refractivity contribution in [3.8, 4) is 23.0 Å². The second kappa shape index (κ2) is 10.0. The number of ether oxygens (including phenoxy) is 5. The van der Waals surface area contributed by atoms with Gasteiger partial charge < -0.3 is 23.7 Å². The Morgan fingerprint density at radius 1 is 0.821 bits per heavy atom. The summed E-state index contributed by atoms with van der Waals surface area (Å²) in [6.07, 6.45) is 2.79. The van der Waals surface area contributed by atoms with Crippen molar-refractivity contribution in [2.24, 2.45) is 0 Å². The maximum atomic E-state index is 12.4. The summed E-state index contributed by atoms with van der Waals surface area (Å²) in [5.74, 6) is 0.957. The number of benzene rings is 2. The molecule has 0 spiro atoms. The molecule has 148 valence electrons. The second-order valence-corrected chi connectivity index (χ2v) is 5.54. The molecule has 0 heterocycles. The highest BCUT2D eigenvalue weighted by Gasteiger charge is 2.15. The Kier molecular flexibility index (Phi) is 7.45. The third kappa shape index (κ3) is 5.26. The smallest absolute Gasteiger partial charge is 0.331 e. The van der Waals surface area contributed by atoms with Crippen LogP contribution in [-0.2, 0) is 9.53 Å². The molecule has 2 aromatic rings. The number of Topliss-reactive ketones (excluding diaryl/α,β-unsaturated/α-hetero) is 1. The number of ketones is 1. The number of hydrogen-bond acceptors (Lipinski definition) is 7. The van der Waals surface area contributed by atoms with E-state index in [-0.39, 0.29) is 5.56 Å². The molecular formula is C21H22O7. The normalized spacial score (nSPS) is 10.4. The van der Waals surface area contributed by atoms with Crippen LogP contribution >= 0.6 is 0 Å². The first-order valence-corrected chi connectivity index (χ1v) is 8.34. The van der Waals surface area contributed by atoms with Gasteiger partial charge in [0.1, 0.15) is 11.5 Å². The third-order valence-corrected chi connectivity index (χ3v) is 3.87. The average Bonchev–Trinajstić information content (AvgIpc) is 2.75. The molecule has 0 aromatic heterocycles. The molecule has 0 aliphatic rings. The molecule has 7 nitrogen and oxygen atoms in total. The fourth-order valence-corrected chi connectivity index (χ4v) is 2.42. The van der Waals surface area contributed by atoms with Crippen LogP contribution in [0.15, 0.2) is 42.5 Å². The van der Waals surface area contributed by atoms with Crippen LogP contribution in [0.1, 0.15) is 15.9 Å². The first-order chi connectivity index (χ1) is 13.5. The van der Waals surface area contributed by atoms with Crippen molar-refractivity contribution in [2.45, 2.75) is 0 Å². The van der Waals surface area contributed by atoms with E-state index in [9.17, 15) is 9.59 Å². The zero-order valence-corrected chi connectivity index (χ0v) is 16.2. The molecule has 0 saturated carbocycles. The van der Waals surface area contributed by atoms with E-state index in [0.29, 0.717) is 23.0 Å². The molecule has 2 aromatic carbocycles. The summed E-state index contributed by atoms with van der Waals surface area (Å²) in [6.45, 7) is -0.418. The van der Waals surface area contributed by atoms with Crippen molar-refractivity contribution in [3.05, 3.63) is 53.6 Å². The van der Waals surface area contributed by atoms with Crippen LogP contribution in [0.5, 0.6) is 23.0 Å². The lowest BCUT2D eigenvalue weighted by atomic mass is 10.1. The summed E-state index contributed by atoms with van der Waals surface area (Å²) in [4.78, 5) is 24.3. The maximum Gasteiger partial charge on any atom is 0.331 e. The summed E-state index contributed by atoms with van der Waals surface area (Å²) >= 11 is 0. The Labute approximate surface area is 163 Å². The minimum atomic E-state index is -0.648. The van der Waals surface area contributed by atoms with Crippen LogP contribution < -0.4 is 18.9 Å². The van der Waals surface area contributed by atoms with Crippen LogP contribution in [0.4, 0.5) is 0 Å². The molecule has 0 saturated heterocycles. The van der Waals surface area contributed by atoms with Gasteiger partial charge in [0.25, 0.3) is 0 Å². The summed E-state index contributed by atoms with van der Waals surface area (Å²) in [5, 5.41) is 0. The Morgan fingerprint density at radius 3 is 2.14 bits per heavy atom. The fourth-order valence-electron chi connectivity index (χ4n) is 2.42. The van der Waals surface area contributed by atoms with Crippen molar-refractivity contribution < 1.29 is 33.3 Å². The molecule has 0 amide bonds. The van der Waals surface area contributed by atoms with Gasteiger partial charge in [-0.2, -0.15) is 0 Å². The SMILES string of the molecule is COc1ccc(OC)c(C(=O)COC(=O)/C=C/c2ccc(OC)c(OC)c2)c1. The Balaban J connectivity index is 2.00. The van der Waals surface area contributed by atoms with Gasteiger partial charge >= 0.3 is 5.97 Å². The second-order valence-electron chi connectivity index (χ2n) is 5.54. The van der Waals surface area contributed by atoms with E-state index in [1.54, 1.807) is 43.5 Å². The molecule has 0 unspecified atom stereocenters. The van der Waals surface area contributed by atoms with E-state index >= 15 is 0 Å².